The van der Waals surface area contributed by atoms with Gasteiger partial charge in [0.1, 0.15) is 22.9 Å². The Morgan fingerprint density at radius 3 is 2.52 bits per heavy atom. The fraction of sp³-hybridized carbons (Fsp3) is 0.303. The number of primary amides is 1. The van der Waals surface area contributed by atoms with E-state index in [4.69, 9.17) is 31.5 Å². The SMILES string of the molecule is CC(C)(C)OC(=O)N(CCc1ncc(CCNc2nc3cc(C(N)=O)ccc3c3cnccc23)o1)Cc1ccc(OC(F)(F)F)c(Cl)c1. The van der Waals surface area contributed by atoms with E-state index in [-0.39, 0.29) is 24.5 Å². The van der Waals surface area contributed by atoms with Crippen LogP contribution in [0.25, 0.3) is 21.7 Å². The first-order valence-corrected chi connectivity index (χ1v) is 15.2. The van der Waals surface area contributed by atoms with Gasteiger partial charge in [-0.25, -0.2) is 14.8 Å². The molecule has 5 aromatic rings. The van der Waals surface area contributed by atoms with E-state index in [9.17, 15) is 22.8 Å². The molecule has 2 amide bonds. The molecule has 3 heterocycles. The van der Waals surface area contributed by atoms with E-state index in [0.29, 0.717) is 47.1 Å². The highest BCUT2D eigenvalue weighted by atomic mass is 35.5. The van der Waals surface area contributed by atoms with Gasteiger partial charge in [0.05, 0.1) is 16.7 Å². The van der Waals surface area contributed by atoms with Crippen molar-refractivity contribution in [1.29, 1.82) is 0 Å². The molecule has 15 heteroatoms. The van der Waals surface area contributed by atoms with Crippen molar-refractivity contribution in [3.8, 4) is 5.75 Å². The molecule has 0 saturated heterocycles. The van der Waals surface area contributed by atoms with E-state index in [0.717, 1.165) is 22.2 Å². The number of rotatable bonds is 11. The van der Waals surface area contributed by atoms with Gasteiger partial charge in [0.15, 0.2) is 5.89 Å². The molecule has 5 rings (SSSR count). The Labute approximate surface area is 278 Å². The number of nitrogens with zero attached hydrogens (tertiary/aromatic N) is 4. The average Bonchev–Trinajstić information content (AvgIpc) is 3.46. The van der Waals surface area contributed by atoms with Crippen molar-refractivity contribution in [2.24, 2.45) is 5.73 Å². The number of ether oxygens (including phenoxy) is 2. The second-order valence-corrected chi connectivity index (χ2v) is 12.2. The number of fused-ring (bicyclic) bond motifs is 3. The van der Waals surface area contributed by atoms with Crippen LogP contribution in [0, 0.1) is 0 Å². The predicted octanol–water partition coefficient (Wildman–Crippen LogP) is 7.06. The van der Waals surface area contributed by atoms with Crippen LogP contribution in [0.2, 0.25) is 5.02 Å². The number of pyridine rings is 2. The topological polar surface area (TPSA) is 146 Å². The monoisotopic (exact) mass is 684 g/mol. The molecular formula is C33H32ClF3N6O5. The van der Waals surface area contributed by atoms with Crippen molar-refractivity contribution in [2.75, 3.05) is 18.4 Å². The summed E-state index contributed by atoms with van der Waals surface area (Å²) in [7, 11) is 0. The molecule has 0 radical (unpaired) electrons. The minimum absolute atomic E-state index is 0.00157. The van der Waals surface area contributed by atoms with Gasteiger partial charge in [0, 0.05) is 66.6 Å². The summed E-state index contributed by atoms with van der Waals surface area (Å²) in [6, 6.07) is 10.7. The number of amides is 2. The lowest BCUT2D eigenvalue weighted by atomic mass is 10.1. The Morgan fingerprint density at radius 2 is 1.81 bits per heavy atom. The van der Waals surface area contributed by atoms with E-state index in [1.807, 2.05) is 6.07 Å². The highest BCUT2D eigenvalue weighted by molar-refractivity contribution is 6.32. The van der Waals surface area contributed by atoms with Crippen LogP contribution in [0.15, 0.2) is 65.5 Å². The molecule has 0 aliphatic carbocycles. The second kappa shape index (κ2) is 13.9. The molecule has 11 nitrogen and oxygen atoms in total. The summed E-state index contributed by atoms with van der Waals surface area (Å²) in [4.78, 5) is 39.5. The van der Waals surface area contributed by atoms with Crippen LogP contribution in [0.4, 0.5) is 23.8 Å². The zero-order chi connectivity index (χ0) is 34.6. The summed E-state index contributed by atoms with van der Waals surface area (Å²) in [5.41, 5.74) is 6.09. The normalized spacial score (nSPS) is 11.9. The fourth-order valence-electron chi connectivity index (χ4n) is 4.88. The molecule has 48 heavy (non-hydrogen) atoms. The number of nitrogens with two attached hydrogens (primary N) is 1. The van der Waals surface area contributed by atoms with Gasteiger partial charge < -0.3 is 29.8 Å². The number of nitrogens with one attached hydrogen (secondary N) is 1. The molecule has 0 aliphatic heterocycles. The Bertz CT molecular complexity index is 1960. The number of carbonyl (C=O) groups is 2. The minimum Gasteiger partial charge on any atom is -0.446 e. The van der Waals surface area contributed by atoms with Gasteiger partial charge in [0.2, 0.25) is 5.91 Å². The van der Waals surface area contributed by atoms with Crippen LogP contribution in [0.5, 0.6) is 5.75 Å². The van der Waals surface area contributed by atoms with Crippen molar-refractivity contribution in [2.45, 2.75) is 52.1 Å². The Hall–Kier alpha value is -5.11. The molecule has 0 fully saturated rings. The van der Waals surface area contributed by atoms with E-state index >= 15 is 0 Å². The molecule has 0 atom stereocenters. The van der Waals surface area contributed by atoms with E-state index in [1.54, 1.807) is 57.6 Å². The quantitative estimate of drug-likeness (QED) is 0.140. The van der Waals surface area contributed by atoms with Crippen molar-refractivity contribution >= 4 is 51.1 Å². The lowest BCUT2D eigenvalue weighted by Crippen LogP contribution is -2.37. The van der Waals surface area contributed by atoms with Gasteiger partial charge in [-0.15, -0.1) is 13.2 Å². The number of hydrogen-bond acceptors (Lipinski definition) is 9. The van der Waals surface area contributed by atoms with Crippen LogP contribution in [0.3, 0.4) is 0 Å². The van der Waals surface area contributed by atoms with E-state index < -0.39 is 29.7 Å². The Balaban J connectivity index is 1.24. The maximum Gasteiger partial charge on any atom is 0.573 e. The van der Waals surface area contributed by atoms with Crippen LogP contribution < -0.4 is 15.8 Å². The molecule has 0 saturated carbocycles. The van der Waals surface area contributed by atoms with Gasteiger partial charge >= 0.3 is 12.5 Å². The van der Waals surface area contributed by atoms with Crippen molar-refractivity contribution in [3.63, 3.8) is 0 Å². The molecule has 3 N–H and O–H groups in total. The number of aromatic nitrogens is 3. The Kier molecular flexibility index (Phi) is 9.94. The van der Waals surface area contributed by atoms with Crippen molar-refractivity contribution in [3.05, 3.63) is 88.9 Å². The number of halogens is 4. The summed E-state index contributed by atoms with van der Waals surface area (Å²) in [6.07, 6.45) is 0.193. The molecule has 3 aromatic heterocycles. The third kappa shape index (κ3) is 8.82. The van der Waals surface area contributed by atoms with Gasteiger partial charge in [-0.1, -0.05) is 23.7 Å². The highest BCUT2D eigenvalue weighted by Gasteiger charge is 2.32. The highest BCUT2D eigenvalue weighted by Crippen LogP contribution is 2.32. The van der Waals surface area contributed by atoms with Crippen LogP contribution in [0.1, 0.15) is 48.3 Å². The standard InChI is InChI=1S/C33H32ClF3N6O5/c1-32(2,3)48-31(45)43(18-19-4-7-27(25(34)14-19)47-33(35,36)37)13-10-28-41-16-21(46-28)8-12-40-30-23-9-11-39-17-24(23)22-6-5-20(29(38)44)15-26(22)42-30/h4-7,9,11,14-17H,8,10,12-13,18H2,1-3H3,(H2,38,44)(H,40,42). The summed E-state index contributed by atoms with van der Waals surface area (Å²) >= 11 is 6.02. The second-order valence-electron chi connectivity index (χ2n) is 11.8. The molecule has 0 spiro atoms. The molecule has 0 aliphatic rings. The minimum atomic E-state index is -4.89. The van der Waals surface area contributed by atoms with Crippen molar-refractivity contribution < 1.29 is 36.7 Å². The van der Waals surface area contributed by atoms with E-state index in [2.05, 4.69) is 20.0 Å². The predicted molar refractivity (Wildman–Crippen MR) is 173 cm³/mol. The zero-order valence-corrected chi connectivity index (χ0v) is 27.0. The smallest absolute Gasteiger partial charge is 0.446 e. The first-order valence-electron chi connectivity index (χ1n) is 14.8. The fourth-order valence-corrected chi connectivity index (χ4v) is 5.12. The van der Waals surface area contributed by atoms with Gasteiger partial charge in [-0.3, -0.25) is 9.78 Å². The summed E-state index contributed by atoms with van der Waals surface area (Å²) in [6.45, 7) is 5.76. The lowest BCUT2D eigenvalue weighted by Gasteiger charge is -2.27. The zero-order valence-electron chi connectivity index (χ0n) is 26.2. The molecule has 2 aromatic carbocycles. The third-order valence-corrected chi connectivity index (χ3v) is 7.28. The average molecular weight is 685 g/mol. The number of oxazole rings is 1. The first-order chi connectivity index (χ1) is 22.6. The number of carbonyl (C=O) groups excluding carboxylic acids is 2. The largest absolute Gasteiger partial charge is 0.573 e. The lowest BCUT2D eigenvalue weighted by molar-refractivity contribution is -0.274. The van der Waals surface area contributed by atoms with Crippen LogP contribution >= 0.6 is 11.6 Å². The van der Waals surface area contributed by atoms with Gasteiger partial charge in [0.25, 0.3) is 0 Å². The number of alkyl halides is 3. The summed E-state index contributed by atoms with van der Waals surface area (Å²) in [5, 5.41) is 5.63. The molecular weight excluding hydrogens is 653 g/mol. The summed E-state index contributed by atoms with van der Waals surface area (Å²) < 4.78 is 53.4. The Morgan fingerprint density at radius 1 is 1.02 bits per heavy atom. The maximum absolute atomic E-state index is 13.0. The van der Waals surface area contributed by atoms with Crippen LogP contribution in [-0.2, 0) is 24.1 Å². The molecule has 252 valence electrons. The number of anilines is 1. The van der Waals surface area contributed by atoms with Gasteiger partial charge in [-0.2, -0.15) is 0 Å². The third-order valence-electron chi connectivity index (χ3n) is 6.99. The number of benzene rings is 2. The molecule has 0 unspecified atom stereocenters. The summed E-state index contributed by atoms with van der Waals surface area (Å²) in [5.74, 6) is 0.485. The van der Waals surface area contributed by atoms with Gasteiger partial charge in [-0.05, 0) is 56.7 Å². The van der Waals surface area contributed by atoms with Crippen molar-refractivity contribution in [1.82, 2.24) is 19.9 Å². The molecule has 0 bridgehead atoms. The first kappa shape index (κ1) is 34.2. The van der Waals surface area contributed by atoms with E-state index in [1.165, 1.54) is 17.0 Å². The maximum atomic E-state index is 13.0. The number of hydrogen-bond donors (Lipinski definition) is 2. The van der Waals surface area contributed by atoms with Crippen LogP contribution in [-0.4, -0.2) is 56.9 Å².